The Morgan fingerprint density at radius 2 is 1.66 bits per heavy atom. The van der Waals surface area contributed by atoms with Crippen molar-refractivity contribution < 1.29 is 30.8 Å². The van der Waals surface area contributed by atoms with Crippen molar-refractivity contribution in [3.05, 3.63) is 35.1 Å². The minimum Gasteiger partial charge on any atom is -0.350 e. The summed E-state index contributed by atoms with van der Waals surface area (Å²) in [6.07, 6.45) is 1.16. The van der Waals surface area contributed by atoms with Crippen molar-refractivity contribution in [2.24, 2.45) is 0 Å². The van der Waals surface area contributed by atoms with Gasteiger partial charge in [0.05, 0.1) is 16.9 Å². The maximum atomic E-state index is 13.4. The first-order valence-corrected chi connectivity index (χ1v) is 13.5. The van der Waals surface area contributed by atoms with E-state index < -0.39 is 44.6 Å². The smallest absolute Gasteiger partial charge is 0.350 e. The van der Waals surface area contributed by atoms with E-state index in [2.05, 4.69) is 10.2 Å². The largest absolute Gasteiger partial charge is 0.417 e. The Balaban J connectivity index is 0.00000432. The number of hydrogen-bond donors (Lipinski definition) is 1. The Hall–Kier alpha value is -1.43. The lowest BCUT2D eigenvalue weighted by atomic mass is 9.87. The second-order valence-corrected chi connectivity index (χ2v) is 11.3. The number of hydrogen-bond acceptors (Lipinski definition) is 4. The van der Waals surface area contributed by atoms with Crippen LogP contribution in [-0.4, -0.2) is 67.5 Å². The third-order valence-electron chi connectivity index (χ3n) is 6.91. The number of nitrogens with one attached hydrogen (secondary N) is 1. The van der Waals surface area contributed by atoms with Crippen LogP contribution < -0.4 is 5.32 Å². The molecule has 1 aliphatic carbocycles. The summed E-state index contributed by atoms with van der Waals surface area (Å²) >= 11 is 0. The van der Waals surface area contributed by atoms with Gasteiger partial charge in [0.2, 0.25) is 10.0 Å². The highest BCUT2D eigenvalue weighted by Crippen LogP contribution is 2.35. The van der Waals surface area contributed by atoms with Gasteiger partial charge in [-0.1, -0.05) is 32.6 Å². The second-order valence-electron chi connectivity index (χ2n) is 9.21. The zero-order chi connectivity index (χ0) is 25.0. The van der Waals surface area contributed by atoms with Crippen LogP contribution in [0.2, 0.25) is 0 Å². The molecule has 1 aromatic rings. The molecule has 1 amide bonds. The van der Waals surface area contributed by atoms with Gasteiger partial charge in [-0.25, -0.2) is 12.8 Å². The molecule has 0 spiro atoms. The number of piperazine rings is 1. The third kappa shape index (κ3) is 7.30. The van der Waals surface area contributed by atoms with Gasteiger partial charge in [-0.05, 0) is 37.5 Å². The molecular weight excluding hydrogens is 510 g/mol. The van der Waals surface area contributed by atoms with Crippen molar-refractivity contribution in [2.75, 3.05) is 38.5 Å². The van der Waals surface area contributed by atoms with Gasteiger partial charge in [-0.2, -0.15) is 17.5 Å². The molecule has 1 N–H and O–H groups in total. The van der Waals surface area contributed by atoms with Gasteiger partial charge < -0.3 is 5.32 Å². The second kappa shape index (κ2) is 12.2. The Morgan fingerprint density at radius 1 is 1.06 bits per heavy atom. The summed E-state index contributed by atoms with van der Waals surface area (Å²) in [6, 6.07) is 2.05. The molecule has 0 aromatic heterocycles. The topological polar surface area (TPSA) is 69.7 Å². The van der Waals surface area contributed by atoms with E-state index in [1.54, 1.807) is 0 Å². The van der Waals surface area contributed by atoms with E-state index in [-0.39, 0.29) is 24.7 Å². The van der Waals surface area contributed by atoms with Crippen LogP contribution in [0.5, 0.6) is 0 Å². The van der Waals surface area contributed by atoms with Crippen LogP contribution in [0.4, 0.5) is 17.6 Å². The van der Waals surface area contributed by atoms with Crippen molar-refractivity contribution in [3.8, 4) is 0 Å². The zero-order valence-corrected chi connectivity index (χ0v) is 21.5. The number of alkyl halides is 3. The van der Waals surface area contributed by atoms with Crippen molar-refractivity contribution >= 4 is 28.3 Å². The third-order valence-corrected chi connectivity index (χ3v) is 8.98. The zero-order valence-electron chi connectivity index (χ0n) is 19.9. The van der Waals surface area contributed by atoms with Gasteiger partial charge >= 0.3 is 6.18 Å². The summed E-state index contributed by atoms with van der Waals surface area (Å²) in [5, 5.41) is 2.69. The molecule has 1 heterocycles. The monoisotopic (exact) mass is 543 g/mol. The highest BCUT2D eigenvalue weighted by atomic mass is 35.5. The molecule has 35 heavy (non-hydrogen) atoms. The quantitative estimate of drug-likeness (QED) is 0.407. The average Bonchev–Trinajstić information content (AvgIpc) is 3.03. The highest BCUT2D eigenvalue weighted by Gasteiger charge is 2.41. The molecule has 0 radical (unpaired) electrons. The number of halogens is 5. The average molecular weight is 544 g/mol. The Morgan fingerprint density at radius 3 is 2.20 bits per heavy atom. The van der Waals surface area contributed by atoms with Gasteiger partial charge in [0.15, 0.2) is 0 Å². The summed E-state index contributed by atoms with van der Waals surface area (Å²) in [6.45, 7) is 3.69. The van der Waals surface area contributed by atoms with Crippen molar-refractivity contribution in [1.29, 1.82) is 0 Å². The molecule has 12 heteroatoms. The van der Waals surface area contributed by atoms with Gasteiger partial charge in [0, 0.05) is 38.3 Å². The molecule has 3 rings (SSSR count). The van der Waals surface area contributed by atoms with Crippen molar-refractivity contribution in [1.82, 2.24) is 14.5 Å². The number of rotatable bonds is 7. The van der Waals surface area contributed by atoms with Gasteiger partial charge in [0.25, 0.3) is 5.91 Å². The molecule has 0 bridgehead atoms. The maximum Gasteiger partial charge on any atom is 0.417 e. The normalized spacial score (nSPS) is 20.0. The minimum atomic E-state index is -4.85. The van der Waals surface area contributed by atoms with Crippen LogP contribution in [-0.2, 0) is 16.2 Å². The predicted octanol–water partition coefficient (Wildman–Crippen LogP) is 4.45. The van der Waals surface area contributed by atoms with Gasteiger partial charge in [-0.15, -0.1) is 12.4 Å². The molecule has 1 aliphatic heterocycles. The van der Waals surface area contributed by atoms with Crippen LogP contribution >= 0.6 is 12.4 Å². The summed E-state index contributed by atoms with van der Waals surface area (Å²) < 4.78 is 80.0. The number of amides is 1. The lowest BCUT2D eigenvalue weighted by Gasteiger charge is -2.47. The maximum absolute atomic E-state index is 13.4. The Kier molecular flexibility index (Phi) is 10.4. The van der Waals surface area contributed by atoms with Crippen LogP contribution in [0.15, 0.2) is 18.2 Å². The number of carbonyl (C=O) groups is 1. The fraction of sp³-hybridized carbons (Fsp3) is 0.696. The van der Waals surface area contributed by atoms with E-state index in [0.29, 0.717) is 38.7 Å². The van der Waals surface area contributed by atoms with E-state index in [4.69, 9.17) is 0 Å². The molecule has 1 aromatic carbocycles. The van der Waals surface area contributed by atoms with E-state index in [1.807, 2.05) is 6.92 Å². The summed E-state index contributed by atoms with van der Waals surface area (Å²) in [7, 11) is -3.30. The molecule has 0 unspecified atom stereocenters. The van der Waals surface area contributed by atoms with Crippen LogP contribution in [0.25, 0.3) is 0 Å². The van der Waals surface area contributed by atoms with E-state index >= 15 is 0 Å². The van der Waals surface area contributed by atoms with E-state index in [1.165, 1.54) is 4.31 Å². The van der Waals surface area contributed by atoms with E-state index in [0.717, 1.165) is 50.7 Å². The molecular formula is C23H34ClF4N3O3S. The fourth-order valence-electron chi connectivity index (χ4n) is 5.11. The minimum absolute atomic E-state index is 0. The molecule has 6 nitrogen and oxygen atoms in total. The Labute approximate surface area is 210 Å². The highest BCUT2D eigenvalue weighted by molar-refractivity contribution is 7.89. The lowest BCUT2D eigenvalue weighted by molar-refractivity contribution is -0.138. The predicted molar refractivity (Wildman–Crippen MR) is 129 cm³/mol. The lowest BCUT2D eigenvalue weighted by Crippen LogP contribution is -2.61. The molecule has 0 atom stereocenters. The van der Waals surface area contributed by atoms with E-state index in [9.17, 15) is 30.8 Å². The molecule has 200 valence electrons. The summed E-state index contributed by atoms with van der Waals surface area (Å²) in [5.41, 5.74) is -2.35. The number of benzene rings is 1. The molecule has 1 saturated heterocycles. The number of nitrogens with zero attached hydrogens (tertiary/aromatic N) is 2. The SMILES string of the molecule is CCCS(=O)(=O)N1CCN(C2(CNC(=O)c3ccc(F)cc3C(F)(F)F)CCCCCC2)CC1.Cl. The Bertz CT molecular complexity index is 959. The first-order chi connectivity index (χ1) is 16.0. The number of carbonyl (C=O) groups excluding carboxylic acids is 1. The number of sulfonamides is 1. The fourth-order valence-corrected chi connectivity index (χ4v) is 6.60. The van der Waals surface area contributed by atoms with Crippen molar-refractivity contribution in [3.63, 3.8) is 0 Å². The molecule has 2 fully saturated rings. The van der Waals surface area contributed by atoms with Crippen LogP contribution in [0, 0.1) is 5.82 Å². The van der Waals surface area contributed by atoms with Crippen LogP contribution in [0.3, 0.4) is 0 Å². The van der Waals surface area contributed by atoms with Gasteiger partial charge in [0.1, 0.15) is 5.82 Å². The summed E-state index contributed by atoms with van der Waals surface area (Å²) in [4.78, 5) is 15.0. The first kappa shape index (κ1) is 29.8. The summed E-state index contributed by atoms with van der Waals surface area (Å²) in [5.74, 6) is -1.84. The van der Waals surface area contributed by atoms with Crippen LogP contribution in [0.1, 0.15) is 67.8 Å². The molecule has 2 aliphatic rings. The van der Waals surface area contributed by atoms with Gasteiger partial charge in [-0.3, -0.25) is 9.69 Å². The molecule has 1 saturated carbocycles. The first-order valence-electron chi connectivity index (χ1n) is 11.9. The standard InChI is InChI=1S/C23H33F4N3O3S.ClH/c1-2-15-34(32,33)30-13-11-29(12-14-30)22(9-5-3-4-6-10-22)17-28-21(31)19-8-7-18(24)16-20(19)23(25,26)27;/h7-8,16H,2-6,9-15,17H2,1H3,(H,28,31);1H. The van der Waals surface area contributed by atoms with Crippen molar-refractivity contribution in [2.45, 2.75) is 63.6 Å².